The fraction of sp³-hybridized carbons (Fsp3) is 0.889. The van der Waals surface area contributed by atoms with Gasteiger partial charge in [-0.1, -0.05) is 0 Å². The highest BCUT2D eigenvalue weighted by molar-refractivity contribution is 5.91. The SMILES string of the molecule is CC(ON1C(C)(C)CCCC1(C)C)C(=O)NC(C)(C)C(=O)NCCN. The molecule has 1 atom stereocenters. The van der Waals surface area contributed by atoms with Crippen LogP contribution in [0, 0.1) is 0 Å². The van der Waals surface area contributed by atoms with Crippen LogP contribution in [0.25, 0.3) is 0 Å². The molecular formula is C18H36N4O3. The second kappa shape index (κ2) is 8.01. The van der Waals surface area contributed by atoms with Gasteiger partial charge in [-0.2, -0.15) is 5.06 Å². The zero-order chi connectivity index (χ0) is 19.5. The summed E-state index contributed by atoms with van der Waals surface area (Å²) >= 11 is 0. The van der Waals surface area contributed by atoms with Crippen molar-refractivity contribution in [1.82, 2.24) is 15.7 Å². The van der Waals surface area contributed by atoms with Crippen molar-refractivity contribution in [2.24, 2.45) is 5.73 Å². The molecule has 1 aliphatic rings. The molecule has 0 radical (unpaired) electrons. The van der Waals surface area contributed by atoms with E-state index in [-0.39, 0.29) is 22.9 Å². The van der Waals surface area contributed by atoms with Gasteiger partial charge in [-0.25, -0.2) is 0 Å². The normalized spacial score (nSPS) is 21.4. The summed E-state index contributed by atoms with van der Waals surface area (Å²) in [5.74, 6) is -0.581. The first-order chi connectivity index (χ1) is 11.3. The molecule has 0 bridgehead atoms. The van der Waals surface area contributed by atoms with Gasteiger partial charge >= 0.3 is 0 Å². The number of hydrogen-bond acceptors (Lipinski definition) is 5. The van der Waals surface area contributed by atoms with Crippen molar-refractivity contribution in [1.29, 1.82) is 0 Å². The number of nitrogens with one attached hydrogen (secondary N) is 2. The molecule has 7 nitrogen and oxygen atoms in total. The van der Waals surface area contributed by atoms with Crippen molar-refractivity contribution in [3.05, 3.63) is 0 Å². The lowest BCUT2D eigenvalue weighted by Gasteiger charge is -2.52. The molecule has 0 aromatic carbocycles. The third-order valence-electron chi connectivity index (χ3n) is 4.74. The number of hydrogen-bond donors (Lipinski definition) is 3. The smallest absolute Gasteiger partial charge is 0.251 e. The van der Waals surface area contributed by atoms with Crippen molar-refractivity contribution in [3.8, 4) is 0 Å². The zero-order valence-electron chi connectivity index (χ0n) is 16.9. The highest BCUT2D eigenvalue weighted by Crippen LogP contribution is 2.38. The van der Waals surface area contributed by atoms with Crippen molar-refractivity contribution >= 4 is 11.8 Å². The van der Waals surface area contributed by atoms with Crippen LogP contribution in [-0.2, 0) is 14.4 Å². The predicted octanol–water partition coefficient (Wildman–Crippen LogP) is 1.32. The third-order valence-corrected chi connectivity index (χ3v) is 4.74. The van der Waals surface area contributed by atoms with Gasteiger partial charge in [0.05, 0.1) is 0 Å². The number of rotatable bonds is 7. The van der Waals surface area contributed by atoms with Gasteiger partial charge in [0.25, 0.3) is 5.91 Å². The lowest BCUT2D eigenvalue weighted by atomic mass is 9.82. The Labute approximate surface area is 152 Å². The van der Waals surface area contributed by atoms with Gasteiger partial charge in [-0.05, 0) is 67.7 Å². The Morgan fingerprint density at radius 1 is 1.20 bits per heavy atom. The van der Waals surface area contributed by atoms with Crippen LogP contribution in [0.15, 0.2) is 0 Å². The van der Waals surface area contributed by atoms with E-state index in [1.54, 1.807) is 20.8 Å². The highest BCUT2D eigenvalue weighted by atomic mass is 16.7. The minimum absolute atomic E-state index is 0.149. The summed E-state index contributed by atoms with van der Waals surface area (Å²) in [6.45, 7) is 14.3. The van der Waals surface area contributed by atoms with Gasteiger partial charge < -0.3 is 16.4 Å². The molecule has 1 rings (SSSR count). The number of carbonyl (C=O) groups excluding carboxylic acids is 2. The Bertz CT molecular complexity index is 473. The van der Waals surface area contributed by atoms with Gasteiger partial charge in [0.2, 0.25) is 5.91 Å². The first-order valence-electron chi connectivity index (χ1n) is 9.11. The molecule has 7 heteroatoms. The van der Waals surface area contributed by atoms with Crippen LogP contribution < -0.4 is 16.4 Å². The monoisotopic (exact) mass is 356 g/mol. The number of nitrogens with two attached hydrogens (primary N) is 1. The van der Waals surface area contributed by atoms with E-state index in [1.165, 1.54) is 0 Å². The molecule has 1 heterocycles. The third kappa shape index (κ3) is 5.66. The van der Waals surface area contributed by atoms with Crippen LogP contribution in [-0.4, -0.2) is 52.7 Å². The largest absolute Gasteiger partial charge is 0.353 e. The Morgan fingerprint density at radius 3 is 2.20 bits per heavy atom. The van der Waals surface area contributed by atoms with E-state index in [0.717, 1.165) is 19.3 Å². The molecule has 0 spiro atoms. The highest BCUT2D eigenvalue weighted by Gasteiger charge is 2.44. The maximum atomic E-state index is 12.6. The Hall–Kier alpha value is -1.18. The predicted molar refractivity (Wildman–Crippen MR) is 98.7 cm³/mol. The number of amides is 2. The van der Waals surface area contributed by atoms with Crippen LogP contribution in [0.2, 0.25) is 0 Å². The average molecular weight is 357 g/mol. The number of nitrogens with zero attached hydrogens (tertiary/aromatic N) is 1. The molecule has 0 aromatic heterocycles. The lowest BCUT2D eigenvalue weighted by molar-refractivity contribution is -0.296. The minimum atomic E-state index is -1.03. The van der Waals surface area contributed by atoms with Gasteiger partial charge in [0.1, 0.15) is 5.54 Å². The van der Waals surface area contributed by atoms with Crippen molar-refractivity contribution < 1.29 is 14.4 Å². The molecule has 1 fully saturated rings. The summed E-state index contributed by atoms with van der Waals surface area (Å²) < 4.78 is 0. The molecule has 146 valence electrons. The molecule has 4 N–H and O–H groups in total. The maximum Gasteiger partial charge on any atom is 0.251 e. The summed E-state index contributed by atoms with van der Waals surface area (Å²) in [6, 6.07) is 0. The summed E-state index contributed by atoms with van der Waals surface area (Å²) in [6.07, 6.45) is 2.46. The van der Waals surface area contributed by atoms with Gasteiger partial charge in [0, 0.05) is 24.2 Å². The summed E-state index contributed by atoms with van der Waals surface area (Å²) in [5.41, 5.74) is 4.07. The Balaban J connectivity index is 2.74. The molecule has 0 aliphatic carbocycles. The van der Waals surface area contributed by atoms with Gasteiger partial charge in [-0.3, -0.25) is 14.4 Å². The van der Waals surface area contributed by atoms with E-state index in [4.69, 9.17) is 10.6 Å². The zero-order valence-corrected chi connectivity index (χ0v) is 16.9. The number of hydroxylamine groups is 2. The minimum Gasteiger partial charge on any atom is -0.353 e. The molecule has 1 saturated heterocycles. The quantitative estimate of drug-likeness (QED) is 0.639. The van der Waals surface area contributed by atoms with Crippen LogP contribution in [0.4, 0.5) is 0 Å². The number of piperidine rings is 1. The van der Waals surface area contributed by atoms with Gasteiger partial charge in [0.15, 0.2) is 6.10 Å². The summed E-state index contributed by atoms with van der Waals surface area (Å²) in [5, 5.41) is 7.41. The van der Waals surface area contributed by atoms with E-state index in [1.807, 2.05) is 5.06 Å². The fourth-order valence-corrected chi connectivity index (χ4v) is 3.34. The van der Waals surface area contributed by atoms with Crippen LogP contribution in [0.3, 0.4) is 0 Å². The van der Waals surface area contributed by atoms with E-state index >= 15 is 0 Å². The molecule has 0 saturated carbocycles. The molecule has 2 amide bonds. The lowest BCUT2D eigenvalue weighted by Crippen LogP contribution is -2.62. The molecule has 1 unspecified atom stereocenters. The fourth-order valence-electron chi connectivity index (χ4n) is 3.34. The van der Waals surface area contributed by atoms with E-state index in [9.17, 15) is 9.59 Å². The maximum absolute atomic E-state index is 12.6. The molecule has 25 heavy (non-hydrogen) atoms. The molecule has 0 aromatic rings. The van der Waals surface area contributed by atoms with Crippen molar-refractivity contribution in [2.75, 3.05) is 13.1 Å². The second-order valence-electron chi connectivity index (χ2n) is 8.68. The van der Waals surface area contributed by atoms with Crippen molar-refractivity contribution in [3.63, 3.8) is 0 Å². The summed E-state index contributed by atoms with van der Waals surface area (Å²) in [7, 11) is 0. The second-order valence-corrected chi connectivity index (χ2v) is 8.68. The van der Waals surface area contributed by atoms with E-state index in [0.29, 0.717) is 13.1 Å². The first kappa shape index (κ1) is 21.9. The standard InChI is InChI=1S/C18H36N4O3/c1-13(14(23)21-18(6,7)15(24)20-12-11-19)25-22-16(2,3)9-8-10-17(22,4)5/h13H,8-12,19H2,1-7H3,(H,20,24)(H,21,23). The van der Waals surface area contributed by atoms with Gasteiger partial charge in [-0.15, -0.1) is 0 Å². The average Bonchev–Trinajstić information content (AvgIpc) is 2.47. The first-order valence-corrected chi connectivity index (χ1v) is 9.11. The van der Waals surface area contributed by atoms with E-state index in [2.05, 4.69) is 38.3 Å². The molecular weight excluding hydrogens is 320 g/mol. The number of carbonyl (C=O) groups is 2. The Morgan fingerprint density at radius 2 is 1.72 bits per heavy atom. The summed E-state index contributed by atoms with van der Waals surface area (Å²) in [4.78, 5) is 30.8. The topological polar surface area (TPSA) is 96.7 Å². The van der Waals surface area contributed by atoms with Crippen LogP contribution >= 0.6 is 0 Å². The van der Waals surface area contributed by atoms with Crippen molar-refractivity contribution in [2.45, 2.75) is 90.4 Å². The molecule has 1 aliphatic heterocycles. The van der Waals surface area contributed by atoms with E-state index < -0.39 is 11.6 Å². The van der Waals surface area contributed by atoms with Crippen LogP contribution in [0.1, 0.15) is 67.7 Å². The Kier molecular flexibility index (Phi) is 7.01. The van der Waals surface area contributed by atoms with Crippen LogP contribution in [0.5, 0.6) is 0 Å².